The summed E-state index contributed by atoms with van der Waals surface area (Å²) in [5, 5.41) is 12.1. The van der Waals surface area contributed by atoms with E-state index in [0.29, 0.717) is 5.56 Å². The minimum atomic E-state index is -3.65. The van der Waals surface area contributed by atoms with Crippen LogP contribution in [0.5, 0.6) is 5.75 Å². The van der Waals surface area contributed by atoms with Crippen molar-refractivity contribution in [3.05, 3.63) is 59.7 Å². The van der Waals surface area contributed by atoms with Gasteiger partial charge in [-0.25, -0.2) is 17.5 Å². The first-order chi connectivity index (χ1) is 12.7. The Kier molecular flexibility index (Phi) is 6.54. The molecule has 0 unspecified atom stereocenters. The number of amides is 1. The second kappa shape index (κ2) is 8.65. The topological polar surface area (TPSA) is 113 Å². The molecule has 9 heteroatoms. The van der Waals surface area contributed by atoms with Crippen molar-refractivity contribution in [1.29, 1.82) is 0 Å². The third-order valence-electron chi connectivity index (χ3n) is 3.67. The molecule has 2 aromatic rings. The summed E-state index contributed by atoms with van der Waals surface area (Å²) in [6.07, 6.45) is 0. The molecule has 144 valence electrons. The van der Waals surface area contributed by atoms with Gasteiger partial charge in [-0.05, 0) is 23.8 Å². The first-order valence-corrected chi connectivity index (χ1v) is 9.39. The van der Waals surface area contributed by atoms with Crippen LogP contribution in [0, 0.1) is 0 Å². The van der Waals surface area contributed by atoms with Crippen LogP contribution in [0.3, 0.4) is 0 Å². The van der Waals surface area contributed by atoms with Gasteiger partial charge in [0.1, 0.15) is 11.3 Å². The molecule has 0 radical (unpaired) electrons. The molecule has 0 heterocycles. The molecule has 0 aliphatic rings. The molecular formula is C18H20N2O6S. The van der Waals surface area contributed by atoms with Gasteiger partial charge in [0.2, 0.25) is 10.0 Å². The maximum absolute atomic E-state index is 12.3. The number of ether oxygens (including phenoxy) is 1. The summed E-state index contributed by atoms with van der Waals surface area (Å²) < 4.78 is 30.6. The van der Waals surface area contributed by atoms with Crippen LogP contribution in [0.25, 0.3) is 0 Å². The van der Waals surface area contributed by atoms with E-state index < -0.39 is 28.5 Å². The molecule has 27 heavy (non-hydrogen) atoms. The molecule has 0 bridgehead atoms. The Morgan fingerprint density at radius 3 is 2.37 bits per heavy atom. The number of hydrogen-bond donors (Lipinski definition) is 2. The summed E-state index contributed by atoms with van der Waals surface area (Å²) in [7, 11) is -0.814. The molecule has 0 saturated carbocycles. The number of aromatic hydroxyl groups is 1. The second-order valence-corrected chi connectivity index (χ2v) is 7.89. The van der Waals surface area contributed by atoms with E-state index in [0.717, 1.165) is 4.31 Å². The van der Waals surface area contributed by atoms with E-state index in [1.165, 1.54) is 32.3 Å². The van der Waals surface area contributed by atoms with Gasteiger partial charge in [-0.1, -0.05) is 30.3 Å². The van der Waals surface area contributed by atoms with Crippen LogP contribution in [-0.4, -0.2) is 50.4 Å². The van der Waals surface area contributed by atoms with E-state index >= 15 is 0 Å². The predicted molar refractivity (Wildman–Crippen MR) is 97.6 cm³/mol. The standard InChI is InChI=1S/C18H20N2O6S/c1-20(2)27(24,25)16-10-6-3-7-13(16)11-19-17(22)12-26-18(23)14-8-4-5-9-15(14)21/h3-10,21H,11-12H2,1-2H3,(H,19,22). The number of carbonyl (C=O) groups excluding carboxylic acids is 2. The zero-order valence-corrected chi connectivity index (χ0v) is 15.7. The predicted octanol–water partition coefficient (Wildman–Crippen LogP) is 1.12. The van der Waals surface area contributed by atoms with Crippen molar-refractivity contribution in [3.8, 4) is 5.75 Å². The number of nitrogens with zero attached hydrogens (tertiary/aromatic N) is 1. The number of rotatable bonds is 7. The average Bonchev–Trinajstić information content (AvgIpc) is 2.64. The van der Waals surface area contributed by atoms with E-state index in [1.807, 2.05) is 0 Å². The highest BCUT2D eigenvalue weighted by molar-refractivity contribution is 7.89. The SMILES string of the molecule is CN(C)S(=O)(=O)c1ccccc1CNC(=O)COC(=O)c1ccccc1O. The molecule has 0 aromatic heterocycles. The minimum absolute atomic E-state index is 0.0454. The van der Waals surface area contributed by atoms with Gasteiger partial charge >= 0.3 is 5.97 Å². The van der Waals surface area contributed by atoms with Gasteiger partial charge in [0.25, 0.3) is 5.91 Å². The smallest absolute Gasteiger partial charge is 0.342 e. The Morgan fingerprint density at radius 1 is 1.07 bits per heavy atom. The van der Waals surface area contributed by atoms with Gasteiger partial charge in [0, 0.05) is 20.6 Å². The Labute approximate surface area is 157 Å². The van der Waals surface area contributed by atoms with Crippen molar-refractivity contribution in [1.82, 2.24) is 9.62 Å². The largest absolute Gasteiger partial charge is 0.507 e. The van der Waals surface area contributed by atoms with Gasteiger partial charge in [-0.2, -0.15) is 0 Å². The van der Waals surface area contributed by atoms with Crippen molar-refractivity contribution >= 4 is 21.9 Å². The Bertz CT molecular complexity index is 940. The summed E-state index contributed by atoms with van der Waals surface area (Å²) in [4.78, 5) is 23.9. The number of hydrogen-bond acceptors (Lipinski definition) is 6. The van der Waals surface area contributed by atoms with Gasteiger partial charge in [-0.15, -0.1) is 0 Å². The maximum Gasteiger partial charge on any atom is 0.342 e. The normalized spacial score (nSPS) is 11.2. The van der Waals surface area contributed by atoms with E-state index in [4.69, 9.17) is 4.74 Å². The van der Waals surface area contributed by atoms with Crippen LogP contribution in [0.1, 0.15) is 15.9 Å². The number of nitrogens with one attached hydrogen (secondary N) is 1. The first-order valence-electron chi connectivity index (χ1n) is 7.95. The van der Waals surface area contributed by atoms with Crippen molar-refractivity contribution < 1.29 is 27.9 Å². The van der Waals surface area contributed by atoms with Gasteiger partial charge in [0.15, 0.2) is 6.61 Å². The van der Waals surface area contributed by atoms with Gasteiger partial charge < -0.3 is 15.2 Å². The molecule has 1 amide bonds. The Hall–Kier alpha value is -2.91. The molecule has 0 fully saturated rings. The van der Waals surface area contributed by atoms with Crippen LogP contribution >= 0.6 is 0 Å². The van der Waals surface area contributed by atoms with Gasteiger partial charge in [-0.3, -0.25) is 4.79 Å². The zero-order chi connectivity index (χ0) is 20.0. The van der Waals surface area contributed by atoms with E-state index in [2.05, 4.69) is 5.32 Å². The number of sulfonamides is 1. The fraction of sp³-hybridized carbons (Fsp3) is 0.222. The molecule has 0 atom stereocenters. The molecule has 0 saturated heterocycles. The van der Waals surface area contributed by atoms with E-state index in [-0.39, 0.29) is 22.8 Å². The fourth-order valence-electron chi connectivity index (χ4n) is 2.20. The lowest BCUT2D eigenvalue weighted by Gasteiger charge is -2.15. The van der Waals surface area contributed by atoms with Crippen molar-refractivity contribution in [2.45, 2.75) is 11.4 Å². The number of esters is 1. The van der Waals surface area contributed by atoms with Crippen LogP contribution < -0.4 is 5.32 Å². The summed E-state index contributed by atoms with van der Waals surface area (Å²) in [5.41, 5.74) is 0.360. The van der Waals surface area contributed by atoms with Crippen molar-refractivity contribution in [2.24, 2.45) is 0 Å². The average molecular weight is 392 g/mol. The number of phenols is 1. The fourth-order valence-corrected chi connectivity index (χ4v) is 3.31. The molecule has 8 nitrogen and oxygen atoms in total. The molecule has 0 aliphatic carbocycles. The molecule has 0 spiro atoms. The first kappa shape index (κ1) is 20.4. The molecule has 0 aliphatic heterocycles. The summed E-state index contributed by atoms with van der Waals surface area (Å²) >= 11 is 0. The maximum atomic E-state index is 12.3. The van der Waals surface area contributed by atoms with Crippen LogP contribution in [0.15, 0.2) is 53.4 Å². The quantitative estimate of drug-likeness (QED) is 0.683. The number of carbonyl (C=O) groups is 2. The van der Waals surface area contributed by atoms with Gasteiger partial charge in [0.05, 0.1) is 4.90 Å². The molecule has 2 aromatic carbocycles. The third-order valence-corrected chi connectivity index (χ3v) is 5.58. The lowest BCUT2D eigenvalue weighted by Crippen LogP contribution is -2.30. The lowest BCUT2D eigenvalue weighted by atomic mass is 10.2. The van der Waals surface area contributed by atoms with E-state index in [9.17, 15) is 23.1 Å². The highest BCUT2D eigenvalue weighted by atomic mass is 32.2. The Morgan fingerprint density at radius 2 is 1.70 bits per heavy atom. The summed E-state index contributed by atoms with van der Waals surface area (Å²) in [6.45, 7) is -0.605. The third kappa shape index (κ3) is 5.05. The molecule has 2 rings (SSSR count). The Balaban J connectivity index is 1.97. The van der Waals surface area contributed by atoms with Crippen molar-refractivity contribution in [3.63, 3.8) is 0 Å². The second-order valence-electron chi connectivity index (χ2n) is 5.77. The zero-order valence-electron chi connectivity index (χ0n) is 14.9. The van der Waals surface area contributed by atoms with Crippen LogP contribution in [0.4, 0.5) is 0 Å². The number of phenolic OH excluding ortho intramolecular Hbond substituents is 1. The van der Waals surface area contributed by atoms with E-state index in [1.54, 1.807) is 30.3 Å². The number of benzene rings is 2. The number of para-hydroxylation sites is 1. The summed E-state index contributed by atoms with van der Waals surface area (Å²) in [6, 6.07) is 12.1. The highest BCUT2D eigenvalue weighted by Gasteiger charge is 2.21. The summed E-state index contributed by atoms with van der Waals surface area (Å²) in [5.74, 6) is -1.68. The molecule has 2 N–H and O–H groups in total. The minimum Gasteiger partial charge on any atom is -0.507 e. The van der Waals surface area contributed by atoms with Crippen molar-refractivity contribution in [2.75, 3.05) is 20.7 Å². The van der Waals surface area contributed by atoms with Crippen LogP contribution in [-0.2, 0) is 26.1 Å². The highest BCUT2D eigenvalue weighted by Crippen LogP contribution is 2.18. The monoisotopic (exact) mass is 392 g/mol. The lowest BCUT2D eigenvalue weighted by molar-refractivity contribution is -0.124. The molecular weight excluding hydrogens is 372 g/mol. The van der Waals surface area contributed by atoms with Crippen LogP contribution in [0.2, 0.25) is 0 Å².